The number of amides is 1. The minimum absolute atomic E-state index is 0.170. The number of carbonyl (C=O) groups excluding carboxylic acids is 1. The monoisotopic (exact) mass is 172 g/mol. The number of carbonyl (C=O) groups is 1. The molecule has 0 spiro atoms. The van der Waals surface area contributed by atoms with E-state index in [1.54, 1.807) is 0 Å². The Kier molecular flexibility index (Phi) is 3.05. The molecule has 1 rings (SSSR count). The normalized spacial score (nSPS) is 28.3. The molecule has 70 valence electrons. The molecule has 1 amide bonds. The zero-order valence-corrected chi connectivity index (χ0v) is 7.62. The van der Waals surface area contributed by atoms with Crippen LogP contribution in [0.1, 0.15) is 13.8 Å². The number of morpholine rings is 1. The Labute approximate surface area is 72.7 Å². The van der Waals surface area contributed by atoms with Crippen LogP contribution in [0.15, 0.2) is 0 Å². The molecule has 1 saturated heterocycles. The molecule has 0 aliphatic carbocycles. The zero-order valence-electron chi connectivity index (χ0n) is 7.62. The Morgan fingerprint density at radius 3 is 2.92 bits per heavy atom. The van der Waals surface area contributed by atoms with Gasteiger partial charge in [0.25, 0.3) is 0 Å². The summed E-state index contributed by atoms with van der Waals surface area (Å²) in [5.74, 6) is -0.260. The molecule has 12 heavy (non-hydrogen) atoms. The van der Waals surface area contributed by atoms with Gasteiger partial charge in [-0.1, -0.05) is 0 Å². The van der Waals surface area contributed by atoms with Crippen LogP contribution in [0.5, 0.6) is 0 Å². The Morgan fingerprint density at radius 1 is 1.75 bits per heavy atom. The fraction of sp³-hybridized carbons (Fsp3) is 0.875. The van der Waals surface area contributed by atoms with Gasteiger partial charge >= 0.3 is 0 Å². The molecular formula is C8H16N2O2. The first-order valence-corrected chi connectivity index (χ1v) is 4.26. The molecule has 0 aromatic carbocycles. The van der Waals surface area contributed by atoms with E-state index in [0.29, 0.717) is 6.61 Å². The Bertz CT molecular complexity index is 172. The topological polar surface area (TPSA) is 55.6 Å². The van der Waals surface area contributed by atoms with Crippen LogP contribution in [0.2, 0.25) is 0 Å². The quantitative estimate of drug-likeness (QED) is 0.615. The molecule has 1 fully saturated rings. The zero-order chi connectivity index (χ0) is 9.14. The van der Waals surface area contributed by atoms with Crippen LogP contribution in [-0.2, 0) is 9.53 Å². The number of primary amides is 1. The number of rotatable bonds is 2. The van der Waals surface area contributed by atoms with E-state index in [9.17, 15) is 4.79 Å². The van der Waals surface area contributed by atoms with Gasteiger partial charge in [-0.2, -0.15) is 0 Å². The van der Waals surface area contributed by atoms with Crippen molar-refractivity contribution in [3.8, 4) is 0 Å². The molecule has 0 saturated carbocycles. The standard InChI is InChI=1S/C8H16N2O2/c1-6-5-10(3-4-12-6)7(2)8(9)11/h6-7H,3-5H2,1-2H3,(H2,9,11). The largest absolute Gasteiger partial charge is 0.376 e. The average molecular weight is 172 g/mol. The highest BCUT2D eigenvalue weighted by Crippen LogP contribution is 2.07. The average Bonchev–Trinajstić information content (AvgIpc) is 2.03. The van der Waals surface area contributed by atoms with Crippen molar-refractivity contribution in [3.63, 3.8) is 0 Å². The van der Waals surface area contributed by atoms with Gasteiger partial charge in [0.05, 0.1) is 18.8 Å². The van der Waals surface area contributed by atoms with Crippen molar-refractivity contribution in [3.05, 3.63) is 0 Å². The summed E-state index contributed by atoms with van der Waals surface area (Å²) >= 11 is 0. The van der Waals surface area contributed by atoms with Gasteiger partial charge in [-0.25, -0.2) is 0 Å². The smallest absolute Gasteiger partial charge is 0.234 e. The summed E-state index contributed by atoms with van der Waals surface area (Å²) in [6.07, 6.45) is 0.209. The first-order chi connectivity index (χ1) is 5.61. The van der Waals surface area contributed by atoms with E-state index in [0.717, 1.165) is 13.1 Å². The van der Waals surface area contributed by atoms with Crippen molar-refractivity contribution >= 4 is 5.91 Å². The molecule has 2 N–H and O–H groups in total. The number of nitrogens with two attached hydrogens (primary N) is 1. The van der Waals surface area contributed by atoms with Crippen molar-refractivity contribution in [1.82, 2.24) is 4.90 Å². The van der Waals surface area contributed by atoms with Crippen LogP contribution in [0.3, 0.4) is 0 Å². The van der Waals surface area contributed by atoms with E-state index < -0.39 is 0 Å². The molecule has 0 aromatic rings. The summed E-state index contributed by atoms with van der Waals surface area (Å²) < 4.78 is 5.34. The van der Waals surface area contributed by atoms with E-state index in [-0.39, 0.29) is 18.1 Å². The Balaban J connectivity index is 2.45. The van der Waals surface area contributed by atoms with Gasteiger partial charge in [-0.15, -0.1) is 0 Å². The van der Waals surface area contributed by atoms with E-state index in [1.807, 2.05) is 13.8 Å². The fourth-order valence-electron chi connectivity index (χ4n) is 1.38. The van der Waals surface area contributed by atoms with Crippen molar-refractivity contribution in [2.24, 2.45) is 5.73 Å². The van der Waals surface area contributed by atoms with Gasteiger partial charge < -0.3 is 10.5 Å². The molecule has 4 heteroatoms. The molecule has 1 aliphatic rings. The van der Waals surface area contributed by atoms with Crippen molar-refractivity contribution in [2.75, 3.05) is 19.7 Å². The maximum absolute atomic E-state index is 10.8. The maximum Gasteiger partial charge on any atom is 0.234 e. The minimum atomic E-state index is -0.260. The number of hydrogen-bond acceptors (Lipinski definition) is 3. The highest BCUT2D eigenvalue weighted by Gasteiger charge is 2.23. The molecule has 4 nitrogen and oxygen atoms in total. The minimum Gasteiger partial charge on any atom is -0.376 e. The second-order valence-corrected chi connectivity index (χ2v) is 3.25. The number of hydrogen-bond donors (Lipinski definition) is 1. The predicted molar refractivity (Wildman–Crippen MR) is 45.6 cm³/mol. The highest BCUT2D eigenvalue weighted by atomic mass is 16.5. The van der Waals surface area contributed by atoms with Crippen LogP contribution in [0, 0.1) is 0 Å². The predicted octanol–water partition coefficient (Wildman–Crippen LogP) is -0.419. The molecule has 0 radical (unpaired) electrons. The van der Waals surface area contributed by atoms with Crippen LogP contribution in [0.4, 0.5) is 0 Å². The summed E-state index contributed by atoms with van der Waals surface area (Å²) in [7, 11) is 0. The van der Waals surface area contributed by atoms with Crippen molar-refractivity contribution in [2.45, 2.75) is 26.0 Å². The Hall–Kier alpha value is -0.610. The second kappa shape index (κ2) is 3.87. The van der Waals surface area contributed by atoms with Crippen LogP contribution in [0.25, 0.3) is 0 Å². The van der Waals surface area contributed by atoms with Gasteiger partial charge in [0.2, 0.25) is 5.91 Å². The van der Waals surface area contributed by atoms with Crippen LogP contribution >= 0.6 is 0 Å². The van der Waals surface area contributed by atoms with E-state index in [1.165, 1.54) is 0 Å². The van der Waals surface area contributed by atoms with Gasteiger partial charge in [-0.3, -0.25) is 9.69 Å². The van der Waals surface area contributed by atoms with Gasteiger partial charge in [-0.05, 0) is 13.8 Å². The lowest BCUT2D eigenvalue weighted by Crippen LogP contribution is -2.50. The third kappa shape index (κ3) is 2.19. The fourth-order valence-corrected chi connectivity index (χ4v) is 1.38. The Morgan fingerprint density at radius 2 is 2.42 bits per heavy atom. The summed E-state index contributed by atoms with van der Waals surface area (Å²) in [5, 5.41) is 0. The molecule has 1 heterocycles. The lowest BCUT2D eigenvalue weighted by atomic mass is 10.2. The summed E-state index contributed by atoms with van der Waals surface area (Å²) in [4.78, 5) is 12.9. The summed E-state index contributed by atoms with van der Waals surface area (Å²) in [6, 6.07) is -0.170. The molecule has 2 atom stereocenters. The third-order valence-corrected chi connectivity index (χ3v) is 2.23. The van der Waals surface area contributed by atoms with Gasteiger partial charge in [0.15, 0.2) is 0 Å². The van der Waals surface area contributed by atoms with Crippen molar-refractivity contribution in [1.29, 1.82) is 0 Å². The highest BCUT2D eigenvalue weighted by molar-refractivity contribution is 5.79. The van der Waals surface area contributed by atoms with Gasteiger partial charge in [0.1, 0.15) is 0 Å². The molecular weight excluding hydrogens is 156 g/mol. The second-order valence-electron chi connectivity index (χ2n) is 3.25. The maximum atomic E-state index is 10.8. The SMILES string of the molecule is CC1CN(C(C)C(N)=O)CCO1. The molecule has 0 aromatic heterocycles. The summed E-state index contributed by atoms with van der Waals surface area (Å²) in [5.41, 5.74) is 5.19. The lowest BCUT2D eigenvalue weighted by Gasteiger charge is -2.33. The van der Waals surface area contributed by atoms with Gasteiger partial charge in [0, 0.05) is 13.1 Å². The summed E-state index contributed by atoms with van der Waals surface area (Å²) in [6.45, 7) is 6.12. The van der Waals surface area contributed by atoms with Crippen LogP contribution in [-0.4, -0.2) is 42.6 Å². The van der Waals surface area contributed by atoms with Crippen molar-refractivity contribution < 1.29 is 9.53 Å². The lowest BCUT2D eigenvalue weighted by molar-refractivity contribution is -0.125. The number of ether oxygens (including phenoxy) is 1. The molecule has 2 unspecified atom stereocenters. The van der Waals surface area contributed by atoms with E-state index in [4.69, 9.17) is 10.5 Å². The molecule has 0 bridgehead atoms. The van der Waals surface area contributed by atoms with E-state index in [2.05, 4.69) is 4.90 Å². The van der Waals surface area contributed by atoms with E-state index >= 15 is 0 Å². The third-order valence-electron chi connectivity index (χ3n) is 2.23. The first kappa shape index (κ1) is 9.48. The van der Waals surface area contributed by atoms with Crippen LogP contribution < -0.4 is 5.73 Å². The molecule has 1 aliphatic heterocycles. The first-order valence-electron chi connectivity index (χ1n) is 4.26. The number of nitrogens with zero attached hydrogens (tertiary/aromatic N) is 1.